The zero-order valence-corrected chi connectivity index (χ0v) is 33.7. The third-order valence-electron chi connectivity index (χ3n) is 10.9. The van der Waals surface area contributed by atoms with Crippen LogP contribution in [0, 0.1) is 0 Å². The van der Waals surface area contributed by atoms with Crippen molar-refractivity contribution in [3.8, 4) is 0 Å². The molecule has 0 aromatic heterocycles. The average molecular weight is 694 g/mol. The summed E-state index contributed by atoms with van der Waals surface area (Å²) in [5.41, 5.74) is 0. The van der Waals surface area contributed by atoms with E-state index in [9.17, 15) is 15.0 Å². The van der Waals surface area contributed by atoms with E-state index in [1.165, 1.54) is 212 Å². The van der Waals surface area contributed by atoms with Crippen molar-refractivity contribution in [1.29, 1.82) is 0 Å². The Balaban J connectivity index is 3.36. The van der Waals surface area contributed by atoms with E-state index in [4.69, 9.17) is 0 Å². The van der Waals surface area contributed by atoms with Crippen molar-refractivity contribution in [2.45, 2.75) is 276 Å². The van der Waals surface area contributed by atoms with Crippen LogP contribution in [0.25, 0.3) is 0 Å². The molecule has 2 atom stereocenters. The standard InChI is InChI=1S/C45H91NO3/c1-3-5-7-9-11-13-14-15-16-17-18-19-20-21-22-23-24-25-26-27-28-29-30-31-33-34-36-38-40-44(48)43(42-47)46-45(49)41-39-37-35-32-12-10-8-6-4-2/h43-44,47-48H,3-42H2,1-2H3,(H,46,49). The van der Waals surface area contributed by atoms with Crippen molar-refractivity contribution in [2.75, 3.05) is 6.61 Å². The molecule has 0 bridgehead atoms. The number of nitrogens with one attached hydrogen (secondary N) is 1. The Bertz CT molecular complexity index is 626. The van der Waals surface area contributed by atoms with Gasteiger partial charge in [0.15, 0.2) is 0 Å². The van der Waals surface area contributed by atoms with E-state index in [0.717, 1.165) is 25.7 Å². The molecule has 4 heteroatoms. The van der Waals surface area contributed by atoms with Crippen molar-refractivity contribution in [2.24, 2.45) is 0 Å². The van der Waals surface area contributed by atoms with E-state index in [0.29, 0.717) is 12.8 Å². The smallest absolute Gasteiger partial charge is 0.220 e. The number of aliphatic hydroxyl groups is 2. The van der Waals surface area contributed by atoms with Crippen LogP contribution >= 0.6 is 0 Å². The van der Waals surface area contributed by atoms with Gasteiger partial charge in [-0.25, -0.2) is 0 Å². The highest BCUT2D eigenvalue weighted by Gasteiger charge is 2.20. The van der Waals surface area contributed by atoms with E-state index < -0.39 is 12.1 Å². The molecule has 1 amide bonds. The van der Waals surface area contributed by atoms with Gasteiger partial charge in [-0.15, -0.1) is 0 Å². The summed E-state index contributed by atoms with van der Waals surface area (Å²) in [5, 5.41) is 23.1. The molecule has 49 heavy (non-hydrogen) atoms. The first-order valence-electron chi connectivity index (χ1n) is 22.7. The zero-order chi connectivity index (χ0) is 35.7. The molecule has 294 valence electrons. The van der Waals surface area contributed by atoms with Gasteiger partial charge < -0.3 is 15.5 Å². The van der Waals surface area contributed by atoms with Gasteiger partial charge in [0.1, 0.15) is 0 Å². The summed E-state index contributed by atoms with van der Waals surface area (Å²) >= 11 is 0. The van der Waals surface area contributed by atoms with Gasteiger partial charge in [-0.05, 0) is 12.8 Å². The van der Waals surface area contributed by atoms with Crippen LogP contribution in [-0.4, -0.2) is 34.9 Å². The fourth-order valence-electron chi connectivity index (χ4n) is 7.36. The number of rotatable bonds is 42. The molecule has 0 saturated heterocycles. The molecule has 2 unspecified atom stereocenters. The van der Waals surface area contributed by atoms with Gasteiger partial charge in [-0.2, -0.15) is 0 Å². The highest BCUT2D eigenvalue weighted by atomic mass is 16.3. The molecular weight excluding hydrogens is 602 g/mol. The summed E-state index contributed by atoms with van der Waals surface area (Å²) in [5.74, 6) is -0.0311. The van der Waals surface area contributed by atoms with Gasteiger partial charge in [-0.1, -0.05) is 245 Å². The first kappa shape index (κ1) is 48.4. The molecule has 0 rings (SSSR count). The van der Waals surface area contributed by atoms with Crippen LogP contribution in [0.3, 0.4) is 0 Å². The van der Waals surface area contributed by atoms with Gasteiger partial charge >= 0.3 is 0 Å². The lowest BCUT2D eigenvalue weighted by molar-refractivity contribution is -0.123. The van der Waals surface area contributed by atoms with Crippen LogP contribution in [0.2, 0.25) is 0 Å². The van der Waals surface area contributed by atoms with E-state index in [-0.39, 0.29) is 12.5 Å². The predicted molar refractivity (Wildman–Crippen MR) is 216 cm³/mol. The number of unbranched alkanes of at least 4 members (excludes halogenated alkanes) is 35. The maximum Gasteiger partial charge on any atom is 0.220 e. The van der Waals surface area contributed by atoms with Crippen LogP contribution in [0.4, 0.5) is 0 Å². The summed E-state index contributed by atoms with van der Waals surface area (Å²) in [6.07, 6.45) is 50.7. The summed E-state index contributed by atoms with van der Waals surface area (Å²) in [6.45, 7) is 4.36. The highest BCUT2D eigenvalue weighted by Crippen LogP contribution is 2.17. The molecule has 4 nitrogen and oxygen atoms in total. The summed E-state index contributed by atoms with van der Waals surface area (Å²) < 4.78 is 0. The SMILES string of the molecule is CCCCCCCCCCCCCCCCCCCCCCCCCCCCCCC(O)C(CO)NC(=O)CCCCCCCCCCC. The second-order valence-electron chi connectivity index (χ2n) is 15.8. The molecule has 0 aromatic carbocycles. The minimum Gasteiger partial charge on any atom is -0.394 e. The lowest BCUT2D eigenvalue weighted by Crippen LogP contribution is -2.45. The average Bonchev–Trinajstić information content (AvgIpc) is 3.10. The van der Waals surface area contributed by atoms with E-state index in [2.05, 4.69) is 19.2 Å². The Hall–Kier alpha value is -0.610. The summed E-state index contributed by atoms with van der Waals surface area (Å²) in [7, 11) is 0. The Morgan fingerprint density at radius 2 is 0.653 bits per heavy atom. The molecule has 0 heterocycles. The maximum atomic E-state index is 12.3. The number of carbonyl (C=O) groups excluding carboxylic acids is 1. The zero-order valence-electron chi connectivity index (χ0n) is 33.7. The van der Waals surface area contributed by atoms with E-state index in [1.54, 1.807) is 0 Å². The molecule has 0 aliphatic rings. The summed E-state index contributed by atoms with van der Waals surface area (Å²) in [4.78, 5) is 12.3. The molecule has 0 spiro atoms. The first-order valence-corrected chi connectivity index (χ1v) is 22.7. The molecular formula is C45H91NO3. The van der Waals surface area contributed by atoms with Gasteiger partial charge in [0.2, 0.25) is 5.91 Å². The quantitative estimate of drug-likeness (QED) is 0.0557. The third kappa shape index (κ3) is 38.5. The highest BCUT2D eigenvalue weighted by molar-refractivity contribution is 5.76. The fourth-order valence-corrected chi connectivity index (χ4v) is 7.36. The number of hydrogen-bond acceptors (Lipinski definition) is 3. The van der Waals surface area contributed by atoms with Crippen molar-refractivity contribution < 1.29 is 15.0 Å². The lowest BCUT2D eigenvalue weighted by atomic mass is 10.0. The van der Waals surface area contributed by atoms with Crippen LogP contribution in [0.5, 0.6) is 0 Å². The second-order valence-corrected chi connectivity index (χ2v) is 15.8. The third-order valence-corrected chi connectivity index (χ3v) is 10.9. The number of carbonyl (C=O) groups is 1. The maximum absolute atomic E-state index is 12.3. The van der Waals surface area contributed by atoms with Crippen molar-refractivity contribution in [3.63, 3.8) is 0 Å². The fraction of sp³-hybridized carbons (Fsp3) is 0.978. The summed E-state index contributed by atoms with van der Waals surface area (Å²) in [6, 6.07) is -0.528. The van der Waals surface area contributed by atoms with Gasteiger partial charge in [-0.3, -0.25) is 4.79 Å². The Kier molecular flexibility index (Phi) is 41.3. The molecule has 3 N–H and O–H groups in total. The van der Waals surface area contributed by atoms with Crippen LogP contribution < -0.4 is 5.32 Å². The van der Waals surface area contributed by atoms with Gasteiger partial charge in [0.05, 0.1) is 18.8 Å². The molecule has 0 radical (unpaired) electrons. The number of amides is 1. The Morgan fingerprint density at radius 1 is 0.408 bits per heavy atom. The molecule has 0 aliphatic heterocycles. The van der Waals surface area contributed by atoms with Crippen molar-refractivity contribution in [1.82, 2.24) is 5.32 Å². The van der Waals surface area contributed by atoms with Crippen LogP contribution in [0.15, 0.2) is 0 Å². The molecule has 0 aromatic rings. The van der Waals surface area contributed by atoms with Crippen molar-refractivity contribution >= 4 is 5.91 Å². The normalized spacial score (nSPS) is 12.8. The largest absolute Gasteiger partial charge is 0.394 e. The molecule has 0 aliphatic carbocycles. The Morgan fingerprint density at radius 3 is 0.918 bits per heavy atom. The number of hydrogen-bond donors (Lipinski definition) is 3. The van der Waals surface area contributed by atoms with Crippen LogP contribution in [-0.2, 0) is 4.79 Å². The van der Waals surface area contributed by atoms with Gasteiger partial charge in [0.25, 0.3) is 0 Å². The monoisotopic (exact) mass is 694 g/mol. The Labute approximate surface area is 308 Å². The lowest BCUT2D eigenvalue weighted by Gasteiger charge is -2.22. The minimum absolute atomic E-state index is 0.0311. The van der Waals surface area contributed by atoms with Crippen LogP contribution in [0.1, 0.15) is 264 Å². The molecule has 0 saturated carbocycles. The van der Waals surface area contributed by atoms with E-state index in [1.807, 2.05) is 0 Å². The van der Waals surface area contributed by atoms with E-state index >= 15 is 0 Å². The molecule has 0 fully saturated rings. The first-order chi connectivity index (χ1) is 24.2. The predicted octanol–water partition coefficient (Wildman–Crippen LogP) is 14.1. The number of aliphatic hydroxyl groups excluding tert-OH is 2. The second kappa shape index (κ2) is 41.8. The topological polar surface area (TPSA) is 69.6 Å². The minimum atomic E-state index is -0.652. The van der Waals surface area contributed by atoms with Gasteiger partial charge in [0, 0.05) is 6.42 Å². The van der Waals surface area contributed by atoms with Crippen molar-refractivity contribution in [3.05, 3.63) is 0 Å².